The maximum absolute atomic E-state index is 12.7. The van der Waals surface area contributed by atoms with Gasteiger partial charge < -0.3 is 10.2 Å². The van der Waals surface area contributed by atoms with E-state index in [1.54, 1.807) is 11.3 Å². The van der Waals surface area contributed by atoms with Gasteiger partial charge in [0.2, 0.25) is 5.91 Å². The number of para-hydroxylation sites is 1. The number of anilines is 2. The Labute approximate surface area is 188 Å². The molecule has 162 valence electrons. The van der Waals surface area contributed by atoms with Crippen LogP contribution in [0, 0.1) is 0 Å². The van der Waals surface area contributed by atoms with Gasteiger partial charge in [0.05, 0.1) is 21.8 Å². The van der Waals surface area contributed by atoms with Crippen molar-refractivity contribution in [1.29, 1.82) is 0 Å². The van der Waals surface area contributed by atoms with Gasteiger partial charge in [0.25, 0.3) is 0 Å². The van der Waals surface area contributed by atoms with E-state index >= 15 is 0 Å². The average molecular weight is 435 g/mol. The van der Waals surface area contributed by atoms with Gasteiger partial charge in [-0.25, -0.2) is 4.98 Å². The fourth-order valence-electron chi connectivity index (χ4n) is 4.78. The Morgan fingerprint density at radius 2 is 1.81 bits per heavy atom. The Morgan fingerprint density at radius 1 is 1.00 bits per heavy atom. The zero-order chi connectivity index (χ0) is 21.0. The number of benzene rings is 2. The predicted octanol–water partition coefficient (Wildman–Crippen LogP) is 5.10. The Bertz CT molecular complexity index is 992. The van der Waals surface area contributed by atoms with E-state index in [4.69, 9.17) is 4.98 Å². The lowest BCUT2D eigenvalue weighted by atomic mass is 9.99. The highest BCUT2D eigenvalue weighted by molar-refractivity contribution is 7.18. The average Bonchev–Trinajstić information content (AvgIpc) is 3.25. The van der Waals surface area contributed by atoms with E-state index in [1.165, 1.54) is 34.7 Å². The van der Waals surface area contributed by atoms with Gasteiger partial charge in [-0.2, -0.15) is 0 Å². The van der Waals surface area contributed by atoms with Gasteiger partial charge in [0.15, 0.2) is 0 Å². The normalized spacial score (nSPS) is 20.1. The third kappa shape index (κ3) is 4.91. The molecule has 31 heavy (non-hydrogen) atoms. The van der Waals surface area contributed by atoms with Gasteiger partial charge >= 0.3 is 0 Å². The van der Waals surface area contributed by atoms with Crippen LogP contribution in [0.25, 0.3) is 10.2 Å². The number of amides is 1. The van der Waals surface area contributed by atoms with Crippen molar-refractivity contribution in [2.45, 2.75) is 38.0 Å². The first-order valence-electron chi connectivity index (χ1n) is 11.5. The fourth-order valence-corrected chi connectivity index (χ4v) is 5.87. The summed E-state index contributed by atoms with van der Waals surface area (Å²) < 4.78 is 1.25. The van der Waals surface area contributed by atoms with E-state index in [0.717, 1.165) is 50.2 Å². The number of nitrogens with zero attached hydrogens (tertiary/aromatic N) is 3. The number of carbonyl (C=O) groups is 1. The van der Waals surface area contributed by atoms with Crippen LogP contribution in [-0.4, -0.2) is 48.5 Å². The van der Waals surface area contributed by atoms with Crippen molar-refractivity contribution in [1.82, 2.24) is 9.88 Å². The number of thiazole rings is 1. The van der Waals surface area contributed by atoms with Gasteiger partial charge in [-0.05, 0) is 75.0 Å². The molecular formula is C25H30N4OS. The standard InChI is InChI=1S/C25H30N4OS/c30-24(26-20-10-12-21(13-11-20)29-15-4-1-5-16-29)18-28-14-6-7-19(17-28)25-27-22-8-2-3-9-23(22)31-25/h2-3,8-13,19H,1,4-7,14-18H2,(H,26,30)/t19-/m0/s1. The number of piperidine rings is 2. The Kier molecular flexibility index (Phi) is 6.18. The van der Waals surface area contributed by atoms with E-state index in [1.807, 2.05) is 18.2 Å². The summed E-state index contributed by atoms with van der Waals surface area (Å²) >= 11 is 1.80. The SMILES string of the molecule is O=C(CN1CCC[C@H](c2nc3ccccc3s2)C1)Nc1ccc(N2CCCCC2)cc1. The highest BCUT2D eigenvalue weighted by Gasteiger charge is 2.25. The molecule has 3 heterocycles. The summed E-state index contributed by atoms with van der Waals surface area (Å²) in [5, 5.41) is 4.29. The Morgan fingerprint density at radius 3 is 2.61 bits per heavy atom. The van der Waals surface area contributed by atoms with Crippen LogP contribution in [0.2, 0.25) is 0 Å². The van der Waals surface area contributed by atoms with Crippen molar-refractivity contribution >= 4 is 38.8 Å². The number of fused-ring (bicyclic) bond motifs is 1. The summed E-state index contributed by atoms with van der Waals surface area (Å²) in [7, 11) is 0. The molecule has 5 rings (SSSR count). The molecule has 0 radical (unpaired) electrons. The molecule has 1 amide bonds. The van der Waals surface area contributed by atoms with Gasteiger partial charge in [0.1, 0.15) is 0 Å². The summed E-state index contributed by atoms with van der Waals surface area (Å²) in [6, 6.07) is 16.7. The van der Waals surface area contributed by atoms with E-state index < -0.39 is 0 Å². The van der Waals surface area contributed by atoms with Crippen LogP contribution in [0.1, 0.15) is 43.0 Å². The summed E-state index contributed by atoms with van der Waals surface area (Å²) in [6.45, 7) is 4.59. The molecule has 2 aliphatic heterocycles. The molecule has 0 saturated carbocycles. The van der Waals surface area contributed by atoms with Crippen molar-refractivity contribution in [3.63, 3.8) is 0 Å². The lowest BCUT2D eigenvalue weighted by Gasteiger charge is -2.31. The summed E-state index contributed by atoms with van der Waals surface area (Å²) in [4.78, 5) is 22.2. The second kappa shape index (κ2) is 9.37. The van der Waals surface area contributed by atoms with E-state index in [-0.39, 0.29) is 5.91 Å². The molecule has 2 aromatic carbocycles. The van der Waals surface area contributed by atoms with E-state index in [2.05, 4.69) is 45.4 Å². The lowest BCUT2D eigenvalue weighted by molar-refractivity contribution is -0.117. The minimum Gasteiger partial charge on any atom is -0.372 e. The first kappa shape index (κ1) is 20.5. The van der Waals surface area contributed by atoms with Gasteiger partial charge in [0, 0.05) is 36.9 Å². The summed E-state index contributed by atoms with van der Waals surface area (Å²) in [5.41, 5.74) is 3.23. The molecule has 3 aromatic rings. The Hall–Kier alpha value is -2.44. The molecule has 6 heteroatoms. The molecular weight excluding hydrogens is 404 g/mol. The number of nitrogens with one attached hydrogen (secondary N) is 1. The molecule has 2 fully saturated rings. The third-order valence-electron chi connectivity index (χ3n) is 6.40. The van der Waals surface area contributed by atoms with Crippen LogP contribution in [0.4, 0.5) is 11.4 Å². The molecule has 2 aliphatic rings. The van der Waals surface area contributed by atoms with Crippen LogP contribution in [0.5, 0.6) is 0 Å². The first-order chi connectivity index (χ1) is 15.2. The lowest BCUT2D eigenvalue weighted by Crippen LogP contribution is -2.39. The molecule has 0 spiro atoms. The van der Waals surface area contributed by atoms with Crippen LogP contribution < -0.4 is 10.2 Å². The number of hydrogen-bond acceptors (Lipinski definition) is 5. The van der Waals surface area contributed by atoms with Crippen LogP contribution in [-0.2, 0) is 4.79 Å². The molecule has 1 aromatic heterocycles. The van der Waals surface area contributed by atoms with Crippen LogP contribution >= 0.6 is 11.3 Å². The van der Waals surface area contributed by atoms with Gasteiger partial charge in [-0.1, -0.05) is 12.1 Å². The second-order valence-corrected chi connectivity index (χ2v) is 9.80. The van der Waals surface area contributed by atoms with Crippen LogP contribution in [0.15, 0.2) is 48.5 Å². The maximum Gasteiger partial charge on any atom is 0.238 e. The predicted molar refractivity (Wildman–Crippen MR) is 129 cm³/mol. The second-order valence-electron chi connectivity index (χ2n) is 8.74. The van der Waals surface area contributed by atoms with Crippen molar-refractivity contribution in [3.8, 4) is 0 Å². The van der Waals surface area contributed by atoms with Crippen molar-refractivity contribution in [3.05, 3.63) is 53.5 Å². The van der Waals surface area contributed by atoms with Crippen molar-refractivity contribution in [2.24, 2.45) is 0 Å². The van der Waals surface area contributed by atoms with Crippen molar-refractivity contribution < 1.29 is 4.79 Å². The van der Waals surface area contributed by atoms with Crippen LogP contribution in [0.3, 0.4) is 0 Å². The van der Waals surface area contributed by atoms with Crippen molar-refractivity contribution in [2.75, 3.05) is 42.9 Å². The number of aromatic nitrogens is 1. The largest absolute Gasteiger partial charge is 0.372 e. The number of carbonyl (C=O) groups excluding carboxylic acids is 1. The molecule has 5 nitrogen and oxygen atoms in total. The number of rotatable bonds is 5. The zero-order valence-corrected chi connectivity index (χ0v) is 18.7. The fraction of sp³-hybridized carbons (Fsp3) is 0.440. The monoisotopic (exact) mass is 434 g/mol. The number of hydrogen-bond donors (Lipinski definition) is 1. The molecule has 2 saturated heterocycles. The smallest absolute Gasteiger partial charge is 0.238 e. The summed E-state index contributed by atoms with van der Waals surface area (Å²) in [6.07, 6.45) is 6.13. The number of likely N-dealkylation sites (tertiary alicyclic amines) is 1. The minimum atomic E-state index is 0.0654. The molecule has 0 aliphatic carbocycles. The minimum absolute atomic E-state index is 0.0654. The zero-order valence-electron chi connectivity index (χ0n) is 17.9. The van der Waals surface area contributed by atoms with E-state index in [9.17, 15) is 4.79 Å². The maximum atomic E-state index is 12.7. The van der Waals surface area contributed by atoms with Gasteiger partial charge in [-0.15, -0.1) is 11.3 Å². The molecule has 0 bridgehead atoms. The molecule has 1 N–H and O–H groups in total. The molecule has 0 unspecified atom stereocenters. The Balaban J connectivity index is 1.16. The first-order valence-corrected chi connectivity index (χ1v) is 12.3. The third-order valence-corrected chi connectivity index (χ3v) is 7.60. The topological polar surface area (TPSA) is 48.5 Å². The highest BCUT2D eigenvalue weighted by atomic mass is 32.1. The molecule has 1 atom stereocenters. The van der Waals surface area contributed by atoms with Gasteiger partial charge in [-0.3, -0.25) is 9.69 Å². The highest BCUT2D eigenvalue weighted by Crippen LogP contribution is 2.33. The summed E-state index contributed by atoms with van der Waals surface area (Å²) in [5.74, 6) is 0.485. The quantitative estimate of drug-likeness (QED) is 0.607. The van der Waals surface area contributed by atoms with E-state index in [0.29, 0.717) is 12.5 Å².